The van der Waals surface area contributed by atoms with Crippen LogP contribution >= 0.6 is 11.6 Å². The second kappa shape index (κ2) is 5.12. The molecule has 0 bridgehead atoms. The second-order valence-corrected chi connectivity index (χ2v) is 5.20. The summed E-state index contributed by atoms with van der Waals surface area (Å²) in [5, 5.41) is 11.4. The first kappa shape index (κ1) is 13.1. The molecule has 1 heterocycles. The first-order valence-electron chi connectivity index (χ1n) is 5.93. The summed E-state index contributed by atoms with van der Waals surface area (Å²) >= 11 is 5.80. The van der Waals surface area contributed by atoms with Crippen molar-refractivity contribution >= 4 is 23.0 Å². The van der Waals surface area contributed by atoms with Crippen LogP contribution in [0.15, 0.2) is 18.2 Å². The molecule has 2 rings (SSSR count). The highest BCUT2D eigenvalue weighted by molar-refractivity contribution is 6.30. The molecule has 2 N–H and O–H groups in total. The van der Waals surface area contributed by atoms with Gasteiger partial charge in [-0.25, -0.2) is 0 Å². The van der Waals surface area contributed by atoms with Crippen LogP contribution in [0.2, 0.25) is 5.02 Å². The molecule has 2 unspecified atom stereocenters. The van der Waals surface area contributed by atoms with Crippen molar-refractivity contribution in [3.8, 4) is 0 Å². The van der Waals surface area contributed by atoms with Crippen molar-refractivity contribution in [1.29, 1.82) is 0 Å². The van der Waals surface area contributed by atoms with Crippen LogP contribution < -0.4 is 10.6 Å². The highest BCUT2D eigenvalue weighted by Crippen LogP contribution is 2.33. The van der Waals surface area contributed by atoms with Gasteiger partial charge >= 0.3 is 0 Å². The van der Waals surface area contributed by atoms with Gasteiger partial charge < -0.3 is 10.6 Å². The van der Waals surface area contributed by atoms with E-state index in [1.165, 1.54) is 6.07 Å². The van der Waals surface area contributed by atoms with Crippen LogP contribution in [-0.2, 0) is 0 Å². The normalized spacial score (nSPS) is 24.1. The molecule has 0 amide bonds. The van der Waals surface area contributed by atoms with Gasteiger partial charge in [-0.05, 0) is 24.5 Å². The summed E-state index contributed by atoms with van der Waals surface area (Å²) in [6.45, 7) is 3.54. The molecule has 0 spiro atoms. The van der Waals surface area contributed by atoms with Gasteiger partial charge in [-0.3, -0.25) is 10.1 Å². The zero-order chi connectivity index (χ0) is 13.3. The average Bonchev–Trinajstić information content (AvgIpc) is 2.32. The first-order valence-corrected chi connectivity index (χ1v) is 6.31. The predicted molar refractivity (Wildman–Crippen MR) is 72.1 cm³/mol. The van der Waals surface area contributed by atoms with E-state index in [-0.39, 0.29) is 11.7 Å². The lowest BCUT2D eigenvalue weighted by atomic mass is 9.94. The third kappa shape index (κ3) is 2.57. The largest absolute Gasteiger partial charge is 0.364 e. The van der Waals surface area contributed by atoms with Crippen LogP contribution in [0.1, 0.15) is 13.3 Å². The Hall–Kier alpha value is -1.33. The van der Waals surface area contributed by atoms with E-state index in [1.54, 1.807) is 12.1 Å². The van der Waals surface area contributed by atoms with E-state index in [9.17, 15) is 10.1 Å². The first-order chi connectivity index (χ1) is 8.49. The average molecular weight is 270 g/mol. The van der Waals surface area contributed by atoms with Gasteiger partial charge in [-0.2, -0.15) is 0 Å². The number of hydrogen-bond acceptors (Lipinski definition) is 4. The second-order valence-electron chi connectivity index (χ2n) is 4.77. The van der Waals surface area contributed by atoms with Crippen molar-refractivity contribution in [2.45, 2.75) is 19.4 Å². The van der Waals surface area contributed by atoms with Crippen LogP contribution in [-0.4, -0.2) is 24.1 Å². The molecule has 1 aliphatic heterocycles. The van der Waals surface area contributed by atoms with E-state index in [4.69, 9.17) is 17.3 Å². The number of nitro benzene ring substituents is 1. The van der Waals surface area contributed by atoms with E-state index in [0.29, 0.717) is 23.2 Å². The van der Waals surface area contributed by atoms with Crippen LogP contribution in [0, 0.1) is 16.0 Å². The van der Waals surface area contributed by atoms with Gasteiger partial charge in [0.2, 0.25) is 0 Å². The van der Waals surface area contributed by atoms with Crippen molar-refractivity contribution in [3.05, 3.63) is 33.3 Å². The maximum atomic E-state index is 11.1. The minimum absolute atomic E-state index is 0.0456. The summed E-state index contributed by atoms with van der Waals surface area (Å²) in [5.41, 5.74) is 6.67. The molecule has 18 heavy (non-hydrogen) atoms. The van der Waals surface area contributed by atoms with Gasteiger partial charge in [-0.1, -0.05) is 18.5 Å². The fourth-order valence-electron chi connectivity index (χ4n) is 2.23. The molecular weight excluding hydrogens is 254 g/mol. The number of benzene rings is 1. The van der Waals surface area contributed by atoms with Crippen molar-refractivity contribution in [3.63, 3.8) is 0 Å². The summed E-state index contributed by atoms with van der Waals surface area (Å²) in [5.74, 6) is 0.451. The number of nitrogens with zero attached hydrogens (tertiary/aromatic N) is 2. The lowest BCUT2D eigenvalue weighted by Gasteiger charge is -2.36. The summed E-state index contributed by atoms with van der Waals surface area (Å²) < 4.78 is 0. The Bertz CT molecular complexity index is 467. The molecule has 6 heteroatoms. The molecule has 0 radical (unpaired) electrons. The molecule has 1 saturated heterocycles. The van der Waals surface area contributed by atoms with E-state index in [2.05, 4.69) is 6.92 Å². The predicted octanol–water partition coefficient (Wildman–Crippen LogP) is 2.42. The monoisotopic (exact) mass is 269 g/mol. The molecule has 1 aromatic rings. The fourth-order valence-corrected chi connectivity index (χ4v) is 2.39. The summed E-state index contributed by atoms with van der Waals surface area (Å²) in [7, 11) is 0. The number of anilines is 1. The Kier molecular flexibility index (Phi) is 3.73. The van der Waals surface area contributed by atoms with Gasteiger partial charge in [0.15, 0.2) is 0 Å². The smallest absolute Gasteiger partial charge is 0.294 e. The molecule has 0 aromatic heterocycles. The summed E-state index contributed by atoms with van der Waals surface area (Å²) in [6, 6.07) is 4.81. The summed E-state index contributed by atoms with van der Waals surface area (Å²) in [4.78, 5) is 12.6. The Morgan fingerprint density at radius 2 is 2.28 bits per heavy atom. The van der Waals surface area contributed by atoms with Crippen LogP contribution in [0.4, 0.5) is 11.4 Å². The third-order valence-electron chi connectivity index (χ3n) is 3.49. The zero-order valence-electron chi connectivity index (χ0n) is 10.2. The van der Waals surface area contributed by atoms with Gasteiger partial charge in [0.1, 0.15) is 5.69 Å². The standard InChI is InChI=1S/C12H16ClN3O2/c1-8-4-5-15(7-10(8)14)11-3-2-9(13)6-12(11)16(17)18/h2-3,6,8,10H,4-5,7,14H2,1H3. The highest BCUT2D eigenvalue weighted by Gasteiger charge is 2.27. The number of nitrogens with two attached hydrogens (primary N) is 1. The molecule has 98 valence electrons. The molecule has 0 aliphatic carbocycles. The van der Waals surface area contributed by atoms with Gasteiger partial charge in [0, 0.05) is 30.2 Å². The highest BCUT2D eigenvalue weighted by atomic mass is 35.5. The molecule has 1 aliphatic rings. The number of piperidine rings is 1. The topological polar surface area (TPSA) is 72.4 Å². The third-order valence-corrected chi connectivity index (χ3v) is 3.73. The molecular formula is C12H16ClN3O2. The minimum Gasteiger partial charge on any atom is -0.364 e. The van der Waals surface area contributed by atoms with Crippen LogP contribution in [0.5, 0.6) is 0 Å². The van der Waals surface area contributed by atoms with E-state index in [1.807, 2.05) is 4.90 Å². The molecule has 5 nitrogen and oxygen atoms in total. The van der Waals surface area contributed by atoms with Crippen molar-refractivity contribution < 1.29 is 4.92 Å². The van der Waals surface area contributed by atoms with E-state index < -0.39 is 4.92 Å². The quantitative estimate of drug-likeness (QED) is 0.661. The fraction of sp³-hybridized carbons (Fsp3) is 0.500. The number of halogens is 1. The van der Waals surface area contributed by atoms with Gasteiger partial charge in [-0.15, -0.1) is 0 Å². The maximum Gasteiger partial charge on any atom is 0.294 e. The lowest BCUT2D eigenvalue weighted by Crippen LogP contribution is -2.47. The Morgan fingerprint density at radius 1 is 1.56 bits per heavy atom. The molecule has 1 fully saturated rings. The zero-order valence-corrected chi connectivity index (χ0v) is 10.9. The molecule has 1 aromatic carbocycles. The van der Waals surface area contributed by atoms with Gasteiger partial charge in [0.25, 0.3) is 5.69 Å². The van der Waals surface area contributed by atoms with Crippen molar-refractivity contribution in [2.24, 2.45) is 11.7 Å². The lowest BCUT2D eigenvalue weighted by molar-refractivity contribution is -0.384. The Labute approximate surface area is 111 Å². The summed E-state index contributed by atoms with van der Waals surface area (Å²) in [6.07, 6.45) is 0.945. The van der Waals surface area contributed by atoms with Crippen LogP contribution in [0.3, 0.4) is 0 Å². The number of nitro groups is 1. The molecule has 2 atom stereocenters. The van der Waals surface area contributed by atoms with Crippen molar-refractivity contribution in [1.82, 2.24) is 0 Å². The van der Waals surface area contributed by atoms with E-state index in [0.717, 1.165) is 13.0 Å². The van der Waals surface area contributed by atoms with E-state index >= 15 is 0 Å². The minimum atomic E-state index is -0.398. The van der Waals surface area contributed by atoms with Crippen molar-refractivity contribution in [2.75, 3.05) is 18.0 Å². The number of hydrogen-bond donors (Lipinski definition) is 1. The molecule has 0 saturated carbocycles. The van der Waals surface area contributed by atoms with Gasteiger partial charge in [0.05, 0.1) is 4.92 Å². The van der Waals surface area contributed by atoms with Crippen LogP contribution in [0.25, 0.3) is 0 Å². The SMILES string of the molecule is CC1CCN(c2ccc(Cl)cc2[N+](=O)[O-])CC1N. The number of rotatable bonds is 2. The Balaban J connectivity index is 2.30. The Morgan fingerprint density at radius 3 is 2.89 bits per heavy atom. The maximum absolute atomic E-state index is 11.1.